The molecule has 2 heterocycles. The molecule has 9 heteroatoms. The number of fused-ring (bicyclic) bond motifs is 1. The SMILES string of the molecule is N#Cc1cc(Cl)ccc1OCC1CCN(C(=O)c2cc3c(cc2F)OCC(=O)CN3)CC1. The van der Waals surface area contributed by atoms with E-state index in [0.29, 0.717) is 54.6 Å². The molecule has 32 heavy (non-hydrogen) atoms. The van der Waals surface area contributed by atoms with E-state index in [0.717, 1.165) is 6.07 Å². The first-order chi connectivity index (χ1) is 15.4. The van der Waals surface area contributed by atoms with Crippen molar-refractivity contribution in [1.82, 2.24) is 4.90 Å². The van der Waals surface area contributed by atoms with Crippen molar-refractivity contribution in [1.29, 1.82) is 5.26 Å². The Balaban J connectivity index is 1.36. The monoisotopic (exact) mass is 457 g/mol. The first kappa shape index (κ1) is 21.9. The van der Waals surface area contributed by atoms with E-state index in [1.807, 2.05) is 0 Å². The smallest absolute Gasteiger partial charge is 0.256 e. The molecule has 0 saturated carbocycles. The number of ketones is 1. The van der Waals surface area contributed by atoms with Crippen LogP contribution in [0.25, 0.3) is 0 Å². The molecule has 0 bridgehead atoms. The van der Waals surface area contributed by atoms with Crippen LogP contribution in [0, 0.1) is 23.1 Å². The molecule has 1 fully saturated rings. The van der Waals surface area contributed by atoms with Gasteiger partial charge in [-0.1, -0.05) is 11.6 Å². The number of carbonyl (C=O) groups is 2. The number of hydrogen-bond donors (Lipinski definition) is 1. The van der Waals surface area contributed by atoms with Crippen molar-refractivity contribution in [3.8, 4) is 17.6 Å². The number of benzene rings is 2. The fraction of sp³-hybridized carbons (Fsp3) is 0.348. The molecule has 7 nitrogen and oxygen atoms in total. The van der Waals surface area contributed by atoms with Crippen molar-refractivity contribution < 1.29 is 23.5 Å². The quantitative estimate of drug-likeness (QED) is 0.753. The van der Waals surface area contributed by atoms with Crippen molar-refractivity contribution in [2.24, 2.45) is 5.92 Å². The second kappa shape index (κ2) is 9.45. The van der Waals surface area contributed by atoms with Gasteiger partial charge in [-0.05, 0) is 43.0 Å². The van der Waals surface area contributed by atoms with Crippen LogP contribution < -0.4 is 14.8 Å². The van der Waals surface area contributed by atoms with Gasteiger partial charge in [0.2, 0.25) is 0 Å². The van der Waals surface area contributed by atoms with Gasteiger partial charge in [0.05, 0.1) is 30.0 Å². The number of nitrogens with zero attached hydrogens (tertiary/aromatic N) is 2. The second-order valence-electron chi connectivity index (χ2n) is 7.81. The van der Waals surface area contributed by atoms with Gasteiger partial charge in [0.1, 0.15) is 30.0 Å². The lowest BCUT2D eigenvalue weighted by Crippen LogP contribution is -2.40. The number of rotatable bonds is 4. The molecule has 2 aliphatic heterocycles. The van der Waals surface area contributed by atoms with Gasteiger partial charge in [0, 0.05) is 24.2 Å². The molecule has 1 saturated heterocycles. The minimum Gasteiger partial charge on any atom is -0.492 e. The van der Waals surface area contributed by atoms with E-state index in [4.69, 9.17) is 21.1 Å². The van der Waals surface area contributed by atoms with E-state index >= 15 is 0 Å². The molecule has 4 rings (SSSR count). The van der Waals surface area contributed by atoms with Crippen molar-refractivity contribution in [3.63, 3.8) is 0 Å². The molecule has 1 N–H and O–H groups in total. The van der Waals surface area contributed by atoms with E-state index in [-0.39, 0.29) is 36.2 Å². The maximum atomic E-state index is 14.6. The van der Waals surface area contributed by atoms with Gasteiger partial charge in [0.15, 0.2) is 5.78 Å². The van der Waals surface area contributed by atoms with E-state index in [9.17, 15) is 19.2 Å². The molecule has 0 radical (unpaired) electrons. The summed E-state index contributed by atoms with van der Waals surface area (Å²) in [6, 6.07) is 9.52. The van der Waals surface area contributed by atoms with Gasteiger partial charge < -0.3 is 19.7 Å². The van der Waals surface area contributed by atoms with E-state index in [2.05, 4.69) is 11.4 Å². The standard InChI is InChI=1S/C23H21ClFN3O4/c24-16-1-2-21(15(7-16)10-26)31-12-14-3-5-28(6-4-14)23(30)18-8-20-22(9-19(18)25)32-13-17(29)11-27-20/h1-2,7-9,14,27H,3-6,11-13H2. The predicted molar refractivity (Wildman–Crippen MR) is 116 cm³/mol. The largest absolute Gasteiger partial charge is 0.492 e. The average Bonchev–Trinajstić information content (AvgIpc) is 2.98. The Bertz CT molecular complexity index is 1090. The van der Waals surface area contributed by atoms with Crippen molar-refractivity contribution >= 4 is 29.0 Å². The molecule has 2 aromatic carbocycles. The number of likely N-dealkylation sites (tertiary alicyclic amines) is 1. The molecule has 1 amide bonds. The second-order valence-corrected chi connectivity index (χ2v) is 8.24. The maximum Gasteiger partial charge on any atom is 0.256 e. The number of carbonyl (C=O) groups excluding carboxylic acids is 2. The van der Waals surface area contributed by atoms with Crippen LogP contribution in [0.5, 0.6) is 11.5 Å². The molecular formula is C23H21ClFN3O4. The van der Waals surface area contributed by atoms with Crippen LogP contribution >= 0.6 is 11.6 Å². The number of Topliss-reactive ketones (excluding diaryl/α,β-unsaturated/α-hetero) is 1. The number of halogens is 2. The summed E-state index contributed by atoms with van der Waals surface area (Å²) in [4.78, 5) is 26.1. The Labute approximate surface area is 189 Å². The van der Waals surface area contributed by atoms with Crippen LogP contribution in [0.2, 0.25) is 5.02 Å². The lowest BCUT2D eigenvalue weighted by Gasteiger charge is -2.32. The third-order valence-electron chi connectivity index (χ3n) is 5.60. The molecule has 0 aliphatic carbocycles. The highest BCUT2D eigenvalue weighted by Gasteiger charge is 2.27. The van der Waals surface area contributed by atoms with Crippen molar-refractivity contribution in [2.75, 3.05) is 38.2 Å². The Morgan fingerprint density at radius 3 is 2.84 bits per heavy atom. The normalized spacial score (nSPS) is 16.3. The molecule has 2 aromatic rings. The molecule has 2 aliphatic rings. The summed E-state index contributed by atoms with van der Waals surface area (Å²) in [5.74, 6) is -0.317. The highest BCUT2D eigenvalue weighted by atomic mass is 35.5. The van der Waals surface area contributed by atoms with E-state index < -0.39 is 11.7 Å². The van der Waals surface area contributed by atoms with Crippen LogP contribution in [0.1, 0.15) is 28.8 Å². The van der Waals surface area contributed by atoms with Crippen LogP contribution in [0.3, 0.4) is 0 Å². The number of ether oxygens (including phenoxy) is 2. The van der Waals surface area contributed by atoms with Gasteiger partial charge >= 0.3 is 0 Å². The number of nitrogens with one attached hydrogen (secondary N) is 1. The first-order valence-corrected chi connectivity index (χ1v) is 10.7. The third-order valence-corrected chi connectivity index (χ3v) is 5.84. The van der Waals surface area contributed by atoms with Gasteiger partial charge in [0.25, 0.3) is 5.91 Å². The van der Waals surface area contributed by atoms with Gasteiger partial charge in [-0.2, -0.15) is 5.26 Å². The Morgan fingerprint density at radius 1 is 1.31 bits per heavy atom. The zero-order valence-electron chi connectivity index (χ0n) is 17.2. The zero-order chi connectivity index (χ0) is 22.7. The van der Waals surface area contributed by atoms with E-state index in [1.165, 1.54) is 6.07 Å². The summed E-state index contributed by atoms with van der Waals surface area (Å²) in [7, 11) is 0. The minimum atomic E-state index is -0.679. The van der Waals surface area contributed by atoms with Gasteiger partial charge in [-0.15, -0.1) is 0 Å². The molecule has 0 atom stereocenters. The van der Waals surface area contributed by atoms with Crippen LogP contribution in [-0.2, 0) is 4.79 Å². The van der Waals surface area contributed by atoms with Gasteiger partial charge in [-0.25, -0.2) is 4.39 Å². The third kappa shape index (κ3) is 4.78. The first-order valence-electron chi connectivity index (χ1n) is 10.3. The summed E-state index contributed by atoms with van der Waals surface area (Å²) >= 11 is 5.91. The van der Waals surface area contributed by atoms with Crippen LogP contribution in [0.4, 0.5) is 10.1 Å². The topological polar surface area (TPSA) is 91.7 Å². The van der Waals surface area contributed by atoms with Crippen molar-refractivity contribution in [3.05, 3.63) is 52.3 Å². The molecule has 166 valence electrons. The Hall–Kier alpha value is -3.31. The summed E-state index contributed by atoms with van der Waals surface area (Å²) < 4.78 is 25.7. The minimum absolute atomic E-state index is 0.0521. The van der Waals surface area contributed by atoms with Crippen molar-refractivity contribution in [2.45, 2.75) is 12.8 Å². The highest BCUT2D eigenvalue weighted by Crippen LogP contribution is 2.31. The number of amides is 1. The summed E-state index contributed by atoms with van der Waals surface area (Å²) in [6.07, 6.45) is 1.40. The zero-order valence-corrected chi connectivity index (χ0v) is 18.0. The fourth-order valence-electron chi connectivity index (χ4n) is 3.78. The molecular weight excluding hydrogens is 437 g/mol. The number of hydrogen-bond acceptors (Lipinski definition) is 6. The van der Waals surface area contributed by atoms with Crippen LogP contribution in [-0.4, -0.2) is 49.4 Å². The highest BCUT2D eigenvalue weighted by molar-refractivity contribution is 6.30. The number of anilines is 1. The summed E-state index contributed by atoms with van der Waals surface area (Å²) in [5.41, 5.74) is 0.756. The Morgan fingerprint density at radius 2 is 2.09 bits per heavy atom. The fourth-order valence-corrected chi connectivity index (χ4v) is 3.95. The number of nitriles is 1. The lowest BCUT2D eigenvalue weighted by molar-refractivity contribution is -0.119. The number of piperidine rings is 1. The average molecular weight is 458 g/mol. The summed E-state index contributed by atoms with van der Waals surface area (Å²) in [6.45, 7) is 1.29. The summed E-state index contributed by atoms with van der Waals surface area (Å²) in [5, 5.41) is 12.6. The van der Waals surface area contributed by atoms with Gasteiger partial charge in [-0.3, -0.25) is 9.59 Å². The predicted octanol–water partition coefficient (Wildman–Crippen LogP) is 3.66. The van der Waals surface area contributed by atoms with E-state index in [1.54, 1.807) is 23.1 Å². The molecule has 0 spiro atoms. The molecule has 0 aromatic heterocycles. The maximum absolute atomic E-state index is 14.6. The Kier molecular flexibility index (Phi) is 6.47. The lowest BCUT2D eigenvalue weighted by atomic mass is 9.97. The molecule has 0 unspecified atom stereocenters. The van der Waals surface area contributed by atoms with Crippen LogP contribution in [0.15, 0.2) is 30.3 Å².